The molecule has 1 N–H and O–H groups in total. The van der Waals surface area contributed by atoms with Crippen LogP contribution >= 0.6 is 11.3 Å². The molecule has 3 rings (SSSR count). The molecule has 0 saturated heterocycles. The van der Waals surface area contributed by atoms with E-state index in [0.717, 1.165) is 42.3 Å². The molecule has 170 valence electrons. The van der Waals surface area contributed by atoms with Crippen molar-refractivity contribution in [3.63, 3.8) is 0 Å². The van der Waals surface area contributed by atoms with Crippen molar-refractivity contribution in [1.29, 1.82) is 0 Å². The molecule has 0 unspecified atom stereocenters. The normalized spacial score (nSPS) is 16.0. The van der Waals surface area contributed by atoms with Gasteiger partial charge in [0.25, 0.3) is 5.91 Å². The molecule has 1 fully saturated rings. The fourth-order valence-electron chi connectivity index (χ4n) is 3.72. The summed E-state index contributed by atoms with van der Waals surface area (Å²) in [6.45, 7) is 3.44. The fourth-order valence-corrected chi connectivity index (χ4v) is 5.82. The predicted molar refractivity (Wildman–Crippen MR) is 121 cm³/mol. The third kappa shape index (κ3) is 6.98. The molecule has 2 amide bonds. The third-order valence-corrected chi connectivity index (χ3v) is 7.58. The van der Waals surface area contributed by atoms with Crippen LogP contribution in [0.2, 0.25) is 0 Å². The molecule has 8 nitrogen and oxygen atoms in total. The molecule has 1 aromatic carbocycles. The minimum Gasteiger partial charge on any atom is -0.380 e. The van der Waals surface area contributed by atoms with Gasteiger partial charge < -0.3 is 14.6 Å². The molecule has 1 saturated carbocycles. The zero-order chi connectivity index (χ0) is 22.3. The second kappa shape index (κ2) is 11.0. The van der Waals surface area contributed by atoms with E-state index in [4.69, 9.17) is 4.74 Å². The zero-order valence-corrected chi connectivity index (χ0v) is 19.3. The number of sulfone groups is 1. The molecular weight excluding hydrogens is 438 g/mol. The van der Waals surface area contributed by atoms with E-state index in [1.807, 2.05) is 35.8 Å². The molecular formula is C21H29N3O5S2. The number of thiazole rings is 1. The molecule has 1 aromatic heterocycles. The van der Waals surface area contributed by atoms with Crippen molar-refractivity contribution in [3.05, 3.63) is 29.1 Å². The first kappa shape index (κ1) is 23.6. The lowest BCUT2D eigenvalue weighted by Gasteiger charge is -2.22. The third-order valence-electron chi connectivity index (χ3n) is 5.14. The minimum absolute atomic E-state index is 0.0275. The Kier molecular flexibility index (Phi) is 8.39. The van der Waals surface area contributed by atoms with Crippen molar-refractivity contribution in [2.75, 3.05) is 24.7 Å². The Morgan fingerprint density at radius 1 is 1.19 bits per heavy atom. The quantitative estimate of drug-likeness (QED) is 0.568. The lowest BCUT2D eigenvalue weighted by molar-refractivity contribution is -0.119. The van der Waals surface area contributed by atoms with Gasteiger partial charge in [0.2, 0.25) is 5.91 Å². The lowest BCUT2D eigenvalue weighted by atomic mass is 9.95. The molecule has 0 bridgehead atoms. The van der Waals surface area contributed by atoms with Gasteiger partial charge in [-0.25, -0.2) is 8.42 Å². The maximum absolute atomic E-state index is 12.4. The maximum Gasteiger partial charge on any atom is 0.263 e. The fraction of sp³-hybridized carbons (Fsp3) is 0.571. The van der Waals surface area contributed by atoms with Crippen LogP contribution in [-0.2, 0) is 30.7 Å². The van der Waals surface area contributed by atoms with Crippen LogP contribution < -0.4 is 10.1 Å². The number of hydrogen-bond acceptors (Lipinski definition) is 6. The molecule has 1 aliphatic carbocycles. The second-order valence-electron chi connectivity index (χ2n) is 7.64. The van der Waals surface area contributed by atoms with E-state index in [2.05, 4.69) is 10.3 Å². The van der Waals surface area contributed by atoms with Gasteiger partial charge >= 0.3 is 0 Å². The van der Waals surface area contributed by atoms with Crippen LogP contribution in [0.1, 0.15) is 39.0 Å². The highest BCUT2D eigenvalue weighted by molar-refractivity contribution is 7.92. The number of carbonyl (C=O) groups is 2. The number of benzene rings is 1. The van der Waals surface area contributed by atoms with Crippen molar-refractivity contribution >= 4 is 43.2 Å². The summed E-state index contributed by atoms with van der Waals surface area (Å²) in [6.07, 6.45) is 4.95. The van der Waals surface area contributed by atoms with Gasteiger partial charge in [-0.05, 0) is 31.9 Å². The smallest absolute Gasteiger partial charge is 0.263 e. The average Bonchev–Trinajstić information content (AvgIpc) is 3.05. The Balaban J connectivity index is 1.70. The van der Waals surface area contributed by atoms with Crippen molar-refractivity contribution in [1.82, 2.24) is 9.88 Å². The van der Waals surface area contributed by atoms with E-state index >= 15 is 0 Å². The summed E-state index contributed by atoms with van der Waals surface area (Å²) in [4.78, 5) is 29.1. The van der Waals surface area contributed by atoms with Crippen LogP contribution in [0.5, 0.6) is 0 Å². The standard InChI is InChI=1S/C21H29N3O5S2/c1-2-29-13-12-24-17-10-6-7-11-18(17)30-21(24)23-20(26)15-31(27,28)14-19(25)22-16-8-4-3-5-9-16/h6-7,10-11,16H,2-5,8-9,12-15H2,1H3,(H,22,25). The molecule has 1 aliphatic rings. The number of rotatable bonds is 9. The largest absolute Gasteiger partial charge is 0.380 e. The van der Waals surface area contributed by atoms with E-state index in [1.54, 1.807) is 0 Å². The topological polar surface area (TPSA) is 107 Å². The lowest BCUT2D eigenvalue weighted by Crippen LogP contribution is -2.40. The van der Waals surface area contributed by atoms with Gasteiger partial charge in [0.15, 0.2) is 14.6 Å². The number of ether oxygens (including phenoxy) is 1. The molecule has 10 heteroatoms. The average molecular weight is 468 g/mol. The Hall–Kier alpha value is -2.04. The Labute approximate surface area is 186 Å². The molecule has 2 aromatic rings. The van der Waals surface area contributed by atoms with Gasteiger partial charge in [0, 0.05) is 19.2 Å². The number of carbonyl (C=O) groups excluding carboxylic acids is 2. The highest BCUT2D eigenvalue weighted by Crippen LogP contribution is 2.18. The van der Waals surface area contributed by atoms with Crippen LogP contribution in [0.15, 0.2) is 29.3 Å². The number of fused-ring (bicyclic) bond motifs is 1. The van der Waals surface area contributed by atoms with Crippen LogP contribution in [-0.4, -0.2) is 55.6 Å². The molecule has 1 heterocycles. The van der Waals surface area contributed by atoms with Crippen LogP contribution in [0.3, 0.4) is 0 Å². The summed E-state index contributed by atoms with van der Waals surface area (Å²) in [6, 6.07) is 7.67. The van der Waals surface area contributed by atoms with Crippen molar-refractivity contribution in [2.24, 2.45) is 4.99 Å². The molecule has 31 heavy (non-hydrogen) atoms. The summed E-state index contributed by atoms with van der Waals surface area (Å²) in [7, 11) is -3.90. The Morgan fingerprint density at radius 3 is 2.68 bits per heavy atom. The molecule has 0 aliphatic heterocycles. The second-order valence-corrected chi connectivity index (χ2v) is 10.7. The number of hydrogen-bond donors (Lipinski definition) is 1. The summed E-state index contributed by atoms with van der Waals surface area (Å²) in [5.41, 5.74) is 0.911. The first-order valence-corrected chi connectivity index (χ1v) is 13.2. The van der Waals surface area contributed by atoms with Crippen LogP contribution in [0.25, 0.3) is 10.2 Å². The summed E-state index contributed by atoms with van der Waals surface area (Å²) in [5.74, 6) is -2.80. The Morgan fingerprint density at radius 2 is 1.94 bits per heavy atom. The van der Waals surface area contributed by atoms with Gasteiger partial charge in [-0.3, -0.25) is 9.59 Å². The van der Waals surface area contributed by atoms with Crippen molar-refractivity contribution < 1.29 is 22.7 Å². The maximum atomic E-state index is 12.4. The van der Waals surface area contributed by atoms with E-state index < -0.39 is 33.2 Å². The summed E-state index contributed by atoms with van der Waals surface area (Å²) in [5, 5.41) is 2.78. The van der Waals surface area contributed by atoms with E-state index in [0.29, 0.717) is 24.6 Å². The minimum atomic E-state index is -3.90. The monoisotopic (exact) mass is 467 g/mol. The summed E-state index contributed by atoms with van der Waals surface area (Å²) < 4.78 is 33.0. The first-order valence-electron chi connectivity index (χ1n) is 10.6. The Bertz CT molecular complexity index is 1080. The predicted octanol–water partition coefficient (Wildman–Crippen LogP) is 2.03. The number of nitrogens with zero attached hydrogens (tertiary/aromatic N) is 2. The van der Waals surface area contributed by atoms with E-state index in [1.165, 1.54) is 11.3 Å². The van der Waals surface area contributed by atoms with Crippen LogP contribution in [0.4, 0.5) is 0 Å². The van der Waals surface area contributed by atoms with Gasteiger partial charge in [-0.2, -0.15) is 4.99 Å². The highest BCUT2D eigenvalue weighted by Gasteiger charge is 2.23. The SMILES string of the molecule is CCOCCn1c(=NC(=O)CS(=O)(=O)CC(=O)NC2CCCCC2)sc2ccccc21. The van der Waals surface area contributed by atoms with Gasteiger partial charge in [-0.1, -0.05) is 42.7 Å². The molecule has 0 atom stereocenters. The molecule has 0 spiro atoms. The number of amides is 2. The summed E-state index contributed by atoms with van der Waals surface area (Å²) >= 11 is 1.32. The zero-order valence-electron chi connectivity index (χ0n) is 17.7. The number of nitrogens with one attached hydrogen (secondary N) is 1. The van der Waals surface area contributed by atoms with Gasteiger partial charge in [0.05, 0.1) is 16.8 Å². The first-order chi connectivity index (χ1) is 14.9. The van der Waals surface area contributed by atoms with E-state index in [-0.39, 0.29) is 6.04 Å². The van der Waals surface area contributed by atoms with Crippen LogP contribution in [0, 0.1) is 0 Å². The van der Waals surface area contributed by atoms with Crippen molar-refractivity contribution in [2.45, 2.75) is 51.6 Å². The van der Waals surface area contributed by atoms with Gasteiger partial charge in [-0.15, -0.1) is 0 Å². The number of aromatic nitrogens is 1. The molecule has 0 radical (unpaired) electrons. The number of para-hydroxylation sites is 1. The van der Waals surface area contributed by atoms with E-state index in [9.17, 15) is 18.0 Å². The highest BCUT2D eigenvalue weighted by atomic mass is 32.2. The van der Waals surface area contributed by atoms with Crippen molar-refractivity contribution in [3.8, 4) is 0 Å². The van der Waals surface area contributed by atoms with Gasteiger partial charge in [0.1, 0.15) is 11.5 Å².